The summed E-state index contributed by atoms with van der Waals surface area (Å²) in [5.74, 6) is -2.74. The Morgan fingerprint density at radius 3 is 1.92 bits per heavy atom. The number of alkyl carbamates (subject to hydrolysis) is 1. The number of esters is 1. The molecule has 0 fully saturated rings. The second kappa shape index (κ2) is 18.4. The number of carbonyl (C=O) groups is 5. The Morgan fingerprint density at radius 2 is 1.39 bits per heavy atom. The lowest BCUT2D eigenvalue weighted by molar-refractivity contribution is -0.159. The first-order chi connectivity index (χ1) is 22.8. The van der Waals surface area contributed by atoms with Gasteiger partial charge in [0.05, 0.1) is 6.42 Å². The maximum Gasteiger partial charge on any atom is 0.408 e. The molecule has 2 aromatic carbocycles. The molecule has 0 spiro atoms. The number of hydrogen-bond donors (Lipinski definition) is 3. The third-order valence-electron chi connectivity index (χ3n) is 7.34. The van der Waals surface area contributed by atoms with Crippen LogP contribution in [0.4, 0.5) is 4.79 Å². The van der Waals surface area contributed by atoms with Gasteiger partial charge in [-0.2, -0.15) is 0 Å². The number of hydrogen-bond acceptors (Lipinski definition) is 7. The number of amides is 4. The summed E-state index contributed by atoms with van der Waals surface area (Å²) in [5.41, 5.74) is 6.89. The van der Waals surface area contributed by atoms with Gasteiger partial charge >= 0.3 is 12.1 Å². The predicted molar refractivity (Wildman–Crippen MR) is 189 cm³/mol. The number of ether oxygens (including phenoxy) is 2. The van der Waals surface area contributed by atoms with Gasteiger partial charge in [-0.05, 0) is 72.9 Å². The van der Waals surface area contributed by atoms with Crippen molar-refractivity contribution in [1.82, 2.24) is 15.5 Å². The maximum absolute atomic E-state index is 14.6. The molecule has 0 saturated carbocycles. The fourth-order valence-corrected chi connectivity index (χ4v) is 5.43. The number of primary amides is 1. The average molecular weight is 681 g/mol. The van der Waals surface area contributed by atoms with Crippen molar-refractivity contribution in [2.24, 2.45) is 5.73 Å². The molecule has 11 nitrogen and oxygen atoms in total. The molecule has 0 radical (unpaired) electrons. The lowest BCUT2D eigenvalue weighted by Crippen LogP contribution is -2.55. The third kappa shape index (κ3) is 14.7. The molecule has 3 atom stereocenters. The van der Waals surface area contributed by atoms with E-state index in [0.717, 1.165) is 36.0 Å². The first-order valence-electron chi connectivity index (χ1n) is 17.0. The van der Waals surface area contributed by atoms with Crippen LogP contribution in [-0.2, 0) is 35.1 Å². The fraction of sp³-hybridized carbons (Fsp3) is 0.553. The van der Waals surface area contributed by atoms with Gasteiger partial charge in [-0.15, -0.1) is 0 Å². The zero-order valence-corrected chi connectivity index (χ0v) is 30.7. The number of unbranched alkanes of at least 4 members (excludes halogenated alkanes) is 3. The highest BCUT2D eigenvalue weighted by Crippen LogP contribution is 2.27. The number of nitrogens with zero attached hydrogens (tertiary/aromatic N) is 1. The number of aryl methyl sites for hydroxylation is 2. The van der Waals surface area contributed by atoms with E-state index in [9.17, 15) is 24.0 Å². The van der Waals surface area contributed by atoms with Crippen molar-refractivity contribution in [3.63, 3.8) is 0 Å². The number of nitrogens with two attached hydrogens (primary N) is 1. The number of nitrogens with one attached hydrogen (secondary N) is 2. The van der Waals surface area contributed by atoms with Crippen LogP contribution in [0.3, 0.4) is 0 Å². The molecule has 4 amide bonds. The summed E-state index contributed by atoms with van der Waals surface area (Å²) in [6.45, 7) is 16.2. The molecule has 49 heavy (non-hydrogen) atoms. The van der Waals surface area contributed by atoms with Crippen LogP contribution in [0.25, 0.3) is 0 Å². The van der Waals surface area contributed by atoms with Crippen LogP contribution < -0.4 is 16.4 Å². The van der Waals surface area contributed by atoms with E-state index in [4.69, 9.17) is 15.2 Å². The molecule has 0 aromatic heterocycles. The Hall–Kier alpha value is -4.41. The van der Waals surface area contributed by atoms with E-state index in [2.05, 4.69) is 17.6 Å². The normalized spacial score (nSPS) is 13.4. The summed E-state index contributed by atoms with van der Waals surface area (Å²) in [6, 6.07) is 11.1. The van der Waals surface area contributed by atoms with Crippen molar-refractivity contribution >= 4 is 29.8 Å². The monoisotopic (exact) mass is 680 g/mol. The van der Waals surface area contributed by atoms with Gasteiger partial charge < -0.3 is 30.7 Å². The standard InChI is InChI=1S/C38H56N4O7/c1-10-11-12-16-19-42(34(45)29(24-31(39)43)41-36(47)49-38(7,8)9)32(28-21-25(2)20-26(3)22-28)33(44)40-30(35(46)48-37(4,5)6)23-27-17-14-13-15-18-27/h13-15,17-18,20-22,29-30,32H,10-12,16,19,23-24H2,1-9H3,(H2,39,43)(H,40,44)(H,41,47). The number of benzene rings is 2. The van der Waals surface area contributed by atoms with E-state index in [0.29, 0.717) is 12.0 Å². The fourth-order valence-electron chi connectivity index (χ4n) is 5.43. The minimum atomic E-state index is -1.41. The van der Waals surface area contributed by atoms with Gasteiger partial charge in [0.1, 0.15) is 29.3 Å². The lowest BCUT2D eigenvalue weighted by atomic mass is 9.97. The van der Waals surface area contributed by atoms with Crippen molar-refractivity contribution < 1.29 is 33.4 Å². The Balaban J connectivity index is 2.69. The molecular weight excluding hydrogens is 624 g/mol. The first-order valence-corrected chi connectivity index (χ1v) is 17.0. The number of carbonyl (C=O) groups excluding carboxylic acids is 5. The van der Waals surface area contributed by atoms with Crippen LogP contribution in [0, 0.1) is 13.8 Å². The molecule has 0 aliphatic carbocycles. The zero-order valence-electron chi connectivity index (χ0n) is 30.7. The summed E-state index contributed by atoms with van der Waals surface area (Å²) in [7, 11) is 0. The van der Waals surface area contributed by atoms with Crippen molar-refractivity contribution in [3.8, 4) is 0 Å². The van der Waals surface area contributed by atoms with Gasteiger partial charge in [-0.25, -0.2) is 9.59 Å². The summed E-state index contributed by atoms with van der Waals surface area (Å²) in [4.78, 5) is 69.1. The molecule has 2 aromatic rings. The van der Waals surface area contributed by atoms with Crippen LogP contribution in [0.1, 0.15) is 109 Å². The predicted octanol–water partition coefficient (Wildman–Crippen LogP) is 5.59. The maximum atomic E-state index is 14.6. The molecule has 11 heteroatoms. The summed E-state index contributed by atoms with van der Waals surface area (Å²) < 4.78 is 11.1. The smallest absolute Gasteiger partial charge is 0.408 e. The summed E-state index contributed by atoms with van der Waals surface area (Å²) in [6.07, 6.45) is 1.89. The summed E-state index contributed by atoms with van der Waals surface area (Å²) >= 11 is 0. The minimum absolute atomic E-state index is 0.130. The Bertz CT molecular complexity index is 1410. The third-order valence-corrected chi connectivity index (χ3v) is 7.34. The minimum Gasteiger partial charge on any atom is -0.458 e. The topological polar surface area (TPSA) is 157 Å². The van der Waals surface area contributed by atoms with E-state index in [1.54, 1.807) is 41.5 Å². The van der Waals surface area contributed by atoms with Gasteiger partial charge in [0.25, 0.3) is 0 Å². The highest BCUT2D eigenvalue weighted by atomic mass is 16.6. The molecule has 0 bridgehead atoms. The van der Waals surface area contributed by atoms with E-state index >= 15 is 0 Å². The molecule has 3 unspecified atom stereocenters. The molecule has 4 N–H and O–H groups in total. The summed E-state index contributed by atoms with van der Waals surface area (Å²) in [5, 5.41) is 5.42. The molecule has 2 rings (SSSR count). The largest absolute Gasteiger partial charge is 0.458 e. The van der Waals surface area contributed by atoms with Crippen LogP contribution in [0.5, 0.6) is 0 Å². The highest BCUT2D eigenvalue weighted by molar-refractivity contribution is 5.95. The van der Waals surface area contributed by atoms with Gasteiger partial charge in [-0.1, -0.05) is 85.8 Å². The van der Waals surface area contributed by atoms with Crippen molar-refractivity contribution in [3.05, 3.63) is 70.8 Å². The van der Waals surface area contributed by atoms with Crippen LogP contribution in [0.2, 0.25) is 0 Å². The highest BCUT2D eigenvalue weighted by Gasteiger charge is 2.39. The van der Waals surface area contributed by atoms with Crippen molar-refractivity contribution in [1.29, 1.82) is 0 Å². The van der Waals surface area contributed by atoms with Crippen LogP contribution in [0.15, 0.2) is 48.5 Å². The van der Waals surface area contributed by atoms with Crippen molar-refractivity contribution in [2.75, 3.05) is 6.54 Å². The Morgan fingerprint density at radius 1 is 0.796 bits per heavy atom. The van der Waals surface area contributed by atoms with E-state index < -0.39 is 65.5 Å². The van der Waals surface area contributed by atoms with Gasteiger partial charge in [0.2, 0.25) is 17.7 Å². The molecule has 0 aliphatic heterocycles. The molecule has 0 aliphatic rings. The number of rotatable bonds is 16. The second-order valence-electron chi connectivity index (χ2n) is 14.6. The molecule has 270 valence electrons. The Labute approximate surface area is 291 Å². The van der Waals surface area contributed by atoms with Gasteiger partial charge in [-0.3, -0.25) is 14.4 Å². The lowest BCUT2D eigenvalue weighted by Gasteiger charge is -2.35. The van der Waals surface area contributed by atoms with Crippen LogP contribution >= 0.6 is 0 Å². The zero-order chi connectivity index (χ0) is 36.9. The molecule has 0 saturated heterocycles. The molecular formula is C38H56N4O7. The van der Waals surface area contributed by atoms with E-state index in [1.807, 2.05) is 62.4 Å². The quantitative estimate of drug-likeness (QED) is 0.154. The molecule has 0 heterocycles. The van der Waals surface area contributed by atoms with E-state index in [-0.39, 0.29) is 13.0 Å². The Kier molecular flexibility index (Phi) is 15.3. The second-order valence-corrected chi connectivity index (χ2v) is 14.6. The van der Waals surface area contributed by atoms with Crippen molar-refractivity contribution in [2.45, 2.75) is 130 Å². The first kappa shape index (κ1) is 40.8. The van der Waals surface area contributed by atoms with Gasteiger partial charge in [0.15, 0.2) is 0 Å². The SMILES string of the molecule is CCCCCCN(C(=O)C(CC(N)=O)NC(=O)OC(C)(C)C)C(C(=O)NC(Cc1ccccc1)C(=O)OC(C)(C)C)c1cc(C)cc(C)c1. The van der Waals surface area contributed by atoms with Gasteiger partial charge in [0, 0.05) is 13.0 Å². The van der Waals surface area contributed by atoms with E-state index in [1.165, 1.54) is 4.90 Å². The van der Waals surface area contributed by atoms with Crippen LogP contribution in [-0.4, -0.2) is 64.5 Å². The average Bonchev–Trinajstić information content (AvgIpc) is 2.95.